The van der Waals surface area contributed by atoms with Gasteiger partial charge in [0.2, 0.25) is 0 Å². The third-order valence-electron chi connectivity index (χ3n) is 5.98. The summed E-state index contributed by atoms with van der Waals surface area (Å²) >= 11 is 0. The highest BCUT2D eigenvalue weighted by Gasteiger charge is 1.96. The predicted molar refractivity (Wildman–Crippen MR) is 130 cm³/mol. The lowest BCUT2D eigenvalue weighted by atomic mass is 10.0. The van der Waals surface area contributed by atoms with Gasteiger partial charge in [-0.1, -0.05) is 133 Å². The zero-order chi connectivity index (χ0) is 20.7. The Kier molecular flexibility index (Phi) is 19.7. The van der Waals surface area contributed by atoms with Crippen LogP contribution in [0.25, 0.3) is 0 Å². The monoisotopic (exact) mass is 402 g/mol. The van der Waals surface area contributed by atoms with E-state index >= 15 is 0 Å². The van der Waals surface area contributed by atoms with E-state index in [4.69, 9.17) is 5.73 Å². The molecule has 1 rings (SSSR count). The van der Waals surface area contributed by atoms with Gasteiger partial charge in [-0.2, -0.15) is 0 Å². The van der Waals surface area contributed by atoms with Crippen molar-refractivity contribution in [3.05, 3.63) is 35.9 Å². The van der Waals surface area contributed by atoms with Crippen molar-refractivity contribution in [3.63, 3.8) is 0 Å². The molecule has 0 radical (unpaired) electrons. The Bertz CT molecular complexity index is 418. The lowest BCUT2D eigenvalue weighted by Crippen LogP contribution is -2.14. The van der Waals surface area contributed by atoms with Crippen LogP contribution in [0.3, 0.4) is 0 Å². The fraction of sp³-hybridized carbons (Fsp3) is 0.778. The van der Waals surface area contributed by atoms with Crippen LogP contribution in [0.2, 0.25) is 0 Å². The van der Waals surface area contributed by atoms with Gasteiger partial charge in [-0.15, -0.1) is 0 Å². The first-order valence-corrected chi connectivity index (χ1v) is 12.9. The van der Waals surface area contributed by atoms with Crippen molar-refractivity contribution in [1.82, 2.24) is 5.32 Å². The molecule has 2 nitrogen and oxygen atoms in total. The topological polar surface area (TPSA) is 38.0 Å². The maximum absolute atomic E-state index is 5.52. The smallest absolute Gasteiger partial charge is 0.0205 e. The highest BCUT2D eigenvalue weighted by atomic mass is 14.8. The zero-order valence-corrected chi connectivity index (χ0v) is 19.3. The molecule has 0 saturated carbocycles. The molecule has 1 aromatic carbocycles. The molecular weight excluding hydrogens is 352 g/mol. The molecule has 0 heterocycles. The second-order valence-corrected chi connectivity index (χ2v) is 8.82. The summed E-state index contributed by atoms with van der Waals surface area (Å²) in [6.45, 7) is 3.03. The van der Waals surface area contributed by atoms with Crippen molar-refractivity contribution in [2.75, 3.05) is 13.1 Å². The first kappa shape index (κ1) is 26.2. The largest absolute Gasteiger partial charge is 0.330 e. The summed E-state index contributed by atoms with van der Waals surface area (Å²) in [4.78, 5) is 0. The van der Waals surface area contributed by atoms with E-state index in [2.05, 4.69) is 35.6 Å². The second-order valence-electron chi connectivity index (χ2n) is 8.82. The lowest BCUT2D eigenvalue weighted by Gasteiger charge is -2.05. The van der Waals surface area contributed by atoms with Crippen molar-refractivity contribution in [2.24, 2.45) is 5.73 Å². The van der Waals surface area contributed by atoms with E-state index in [0.717, 1.165) is 19.6 Å². The van der Waals surface area contributed by atoms with Crippen LogP contribution in [0.4, 0.5) is 0 Å². The molecule has 0 spiro atoms. The number of nitrogens with one attached hydrogen (secondary N) is 1. The number of unbranched alkanes of at least 4 members (excludes halogenated alkanes) is 17. The maximum atomic E-state index is 5.52. The van der Waals surface area contributed by atoms with Gasteiger partial charge in [-0.25, -0.2) is 0 Å². The van der Waals surface area contributed by atoms with Crippen LogP contribution in [0.5, 0.6) is 0 Å². The number of nitrogens with two attached hydrogens (primary N) is 1. The maximum Gasteiger partial charge on any atom is 0.0205 e. The summed E-state index contributed by atoms with van der Waals surface area (Å²) in [5.74, 6) is 0. The Morgan fingerprint density at radius 1 is 0.483 bits per heavy atom. The van der Waals surface area contributed by atoms with Crippen molar-refractivity contribution < 1.29 is 0 Å². The van der Waals surface area contributed by atoms with Crippen molar-refractivity contribution in [1.29, 1.82) is 0 Å². The van der Waals surface area contributed by atoms with E-state index in [-0.39, 0.29) is 0 Å². The average Bonchev–Trinajstić information content (AvgIpc) is 2.75. The minimum atomic E-state index is 0.868. The van der Waals surface area contributed by atoms with E-state index < -0.39 is 0 Å². The third-order valence-corrected chi connectivity index (χ3v) is 5.98. The molecule has 0 aliphatic carbocycles. The van der Waals surface area contributed by atoms with Crippen LogP contribution in [0.15, 0.2) is 30.3 Å². The van der Waals surface area contributed by atoms with Crippen LogP contribution in [-0.4, -0.2) is 13.1 Å². The quantitative estimate of drug-likeness (QED) is 0.194. The van der Waals surface area contributed by atoms with Gasteiger partial charge in [-0.05, 0) is 31.5 Å². The normalized spacial score (nSPS) is 11.2. The highest BCUT2D eigenvalue weighted by Crippen LogP contribution is 2.14. The molecule has 29 heavy (non-hydrogen) atoms. The van der Waals surface area contributed by atoms with Gasteiger partial charge in [0.25, 0.3) is 0 Å². The Hall–Kier alpha value is -0.860. The van der Waals surface area contributed by atoms with Crippen LogP contribution in [0, 0.1) is 0 Å². The van der Waals surface area contributed by atoms with Crippen LogP contribution < -0.4 is 11.1 Å². The van der Waals surface area contributed by atoms with E-state index in [1.165, 1.54) is 121 Å². The minimum Gasteiger partial charge on any atom is -0.330 e. The van der Waals surface area contributed by atoms with Gasteiger partial charge in [0.05, 0.1) is 0 Å². The summed E-state index contributed by atoms with van der Waals surface area (Å²) in [7, 11) is 0. The molecule has 168 valence electrons. The van der Waals surface area contributed by atoms with Gasteiger partial charge < -0.3 is 11.1 Å². The van der Waals surface area contributed by atoms with Crippen LogP contribution in [-0.2, 0) is 6.54 Å². The molecule has 0 aromatic heterocycles. The summed E-state index contributed by atoms with van der Waals surface area (Å²) in [6, 6.07) is 10.7. The van der Waals surface area contributed by atoms with Crippen LogP contribution in [0.1, 0.15) is 121 Å². The fourth-order valence-corrected chi connectivity index (χ4v) is 4.05. The fourth-order valence-electron chi connectivity index (χ4n) is 4.05. The minimum absolute atomic E-state index is 0.868. The molecule has 0 fully saturated rings. The van der Waals surface area contributed by atoms with E-state index in [0.29, 0.717) is 0 Å². The van der Waals surface area contributed by atoms with Gasteiger partial charge in [0, 0.05) is 6.54 Å². The predicted octanol–water partition coefficient (Wildman–Crippen LogP) is 7.76. The molecule has 0 aliphatic rings. The van der Waals surface area contributed by atoms with E-state index in [9.17, 15) is 0 Å². The molecule has 0 atom stereocenters. The Morgan fingerprint density at radius 3 is 1.28 bits per heavy atom. The SMILES string of the molecule is NCCCCCCCCCCCCCCCCCCCCNCc1ccccc1. The molecule has 2 heteroatoms. The first-order chi connectivity index (χ1) is 14.4. The van der Waals surface area contributed by atoms with Crippen molar-refractivity contribution in [3.8, 4) is 0 Å². The Labute approximate surface area is 182 Å². The van der Waals surface area contributed by atoms with E-state index in [1.54, 1.807) is 0 Å². The lowest BCUT2D eigenvalue weighted by molar-refractivity contribution is 0.521. The van der Waals surface area contributed by atoms with Gasteiger partial charge in [-0.3, -0.25) is 0 Å². The number of rotatable bonds is 22. The molecule has 0 aliphatic heterocycles. The second kappa shape index (κ2) is 21.8. The van der Waals surface area contributed by atoms with E-state index in [1.807, 2.05) is 0 Å². The molecule has 1 aromatic rings. The molecule has 0 bridgehead atoms. The van der Waals surface area contributed by atoms with Crippen molar-refractivity contribution in [2.45, 2.75) is 122 Å². The number of hydrogen-bond donors (Lipinski definition) is 2. The Balaban J connectivity index is 1.66. The van der Waals surface area contributed by atoms with Crippen LogP contribution >= 0.6 is 0 Å². The Morgan fingerprint density at radius 2 is 0.862 bits per heavy atom. The molecular formula is C27H50N2. The molecule has 0 amide bonds. The third kappa shape index (κ3) is 18.9. The molecule has 0 saturated heterocycles. The molecule has 0 unspecified atom stereocenters. The van der Waals surface area contributed by atoms with Gasteiger partial charge in [0.15, 0.2) is 0 Å². The van der Waals surface area contributed by atoms with Gasteiger partial charge >= 0.3 is 0 Å². The summed E-state index contributed by atoms with van der Waals surface area (Å²) < 4.78 is 0. The van der Waals surface area contributed by atoms with Gasteiger partial charge in [0.1, 0.15) is 0 Å². The highest BCUT2D eigenvalue weighted by molar-refractivity contribution is 5.14. The molecule has 3 N–H and O–H groups in total. The standard InChI is InChI=1S/C27H50N2/c28-24-20-15-13-11-9-7-5-3-1-2-4-6-8-10-12-14-16-21-25-29-26-27-22-18-17-19-23-27/h17-19,22-23,29H,1-16,20-21,24-26,28H2. The number of hydrogen-bond acceptors (Lipinski definition) is 2. The van der Waals surface area contributed by atoms with Crippen molar-refractivity contribution >= 4 is 0 Å². The average molecular weight is 403 g/mol. The summed E-state index contributed by atoms with van der Waals surface area (Å²) in [5, 5.41) is 3.55. The first-order valence-electron chi connectivity index (χ1n) is 12.9. The number of benzene rings is 1. The zero-order valence-electron chi connectivity index (χ0n) is 19.3. The summed E-state index contributed by atoms with van der Waals surface area (Å²) in [6.07, 6.45) is 25.5. The summed E-state index contributed by atoms with van der Waals surface area (Å²) in [5.41, 5.74) is 6.91.